The maximum Gasteiger partial charge on any atom is 0.270 e. The predicted molar refractivity (Wildman–Crippen MR) is 62.0 cm³/mol. The summed E-state index contributed by atoms with van der Waals surface area (Å²) in [7, 11) is 0. The lowest BCUT2D eigenvalue weighted by molar-refractivity contribution is 0.0729. The van der Waals surface area contributed by atoms with E-state index in [1.165, 1.54) is 12.8 Å². The third kappa shape index (κ3) is 1.92. The zero-order valence-electron chi connectivity index (χ0n) is 9.28. The first-order valence-corrected chi connectivity index (χ1v) is 5.99. The molecule has 4 heteroatoms. The van der Waals surface area contributed by atoms with Crippen LogP contribution in [-0.4, -0.2) is 28.4 Å². The zero-order valence-corrected chi connectivity index (χ0v) is 9.28. The molecular weight excluding hydrogens is 202 g/mol. The van der Waals surface area contributed by atoms with Gasteiger partial charge >= 0.3 is 0 Å². The Hall–Kier alpha value is -1.45. The molecule has 0 saturated heterocycles. The van der Waals surface area contributed by atoms with Crippen molar-refractivity contribution in [3.63, 3.8) is 0 Å². The smallest absolute Gasteiger partial charge is 0.270 e. The van der Waals surface area contributed by atoms with Gasteiger partial charge in [0.25, 0.3) is 5.91 Å². The molecule has 16 heavy (non-hydrogen) atoms. The lowest BCUT2D eigenvalue weighted by Crippen LogP contribution is -2.35. The van der Waals surface area contributed by atoms with Crippen molar-refractivity contribution in [2.75, 3.05) is 12.3 Å². The highest BCUT2D eigenvalue weighted by atomic mass is 16.2. The van der Waals surface area contributed by atoms with E-state index in [0.29, 0.717) is 17.4 Å². The summed E-state index contributed by atoms with van der Waals surface area (Å²) in [5.41, 5.74) is 6.88. The van der Waals surface area contributed by atoms with E-state index < -0.39 is 0 Å². The number of aromatic nitrogens is 1. The third-order valence-electron chi connectivity index (χ3n) is 3.34. The van der Waals surface area contributed by atoms with E-state index in [1.807, 2.05) is 4.90 Å². The van der Waals surface area contributed by atoms with E-state index >= 15 is 0 Å². The summed E-state index contributed by atoms with van der Waals surface area (Å²) in [4.78, 5) is 17.2. The van der Waals surface area contributed by atoms with Crippen LogP contribution in [0.2, 0.25) is 0 Å². The van der Waals surface area contributed by atoms with Crippen LogP contribution in [0.3, 0.4) is 0 Å². The Balaban J connectivity index is 1.74. The number of nitrogens with two attached hydrogens (primary N) is 1. The molecule has 0 bridgehead atoms. The number of amides is 1. The lowest BCUT2D eigenvalue weighted by Gasteiger charge is -2.21. The fourth-order valence-corrected chi connectivity index (χ4v) is 2.05. The molecule has 0 atom stereocenters. The van der Waals surface area contributed by atoms with E-state index in [4.69, 9.17) is 5.73 Å². The third-order valence-corrected chi connectivity index (χ3v) is 3.34. The van der Waals surface area contributed by atoms with Crippen LogP contribution in [-0.2, 0) is 0 Å². The van der Waals surface area contributed by atoms with E-state index in [0.717, 1.165) is 25.3 Å². The van der Waals surface area contributed by atoms with Gasteiger partial charge in [-0.2, -0.15) is 0 Å². The predicted octanol–water partition coefficient (Wildman–Crippen LogP) is 1.61. The highest BCUT2D eigenvalue weighted by Crippen LogP contribution is 2.35. The van der Waals surface area contributed by atoms with Crippen molar-refractivity contribution in [2.45, 2.75) is 31.7 Å². The molecule has 3 rings (SSSR count). The van der Waals surface area contributed by atoms with Gasteiger partial charge in [0.05, 0.1) is 0 Å². The van der Waals surface area contributed by atoms with Crippen LogP contribution in [0, 0.1) is 5.92 Å². The van der Waals surface area contributed by atoms with Gasteiger partial charge in [0.1, 0.15) is 5.69 Å². The standard InChI is InChI=1S/C12H17N3O/c13-9-5-11(14-6-9)12(16)15(10-3-4-10)7-8-1-2-8/h5-6,8,10,14H,1-4,7,13H2. The molecule has 1 aromatic heterocycles. The van der Waals surface area contributed by atoms with Crippen LogP contribution in [0.15, 0.2) is 12.3 Å². The van der Waals surface area contributed by atoms with Gasteiger partial charge in [-0.25, -0.2) is 0 Å². The van der Waals surface area contributed by atoms with Gasteiger partial charge in [-0.05, 0) is 37.7 Å². The highest BCUT2D eigenvalue weighted by molar-refractivity contribution is 5.93. The summed E-state index contributed by atoms with van der Waals surface area (Å²) in [6.07, 6.45) is 6.56. The van der Waals surface area contributed by atoms with Crippen LogP contribution in [0.5, 0.6) is 0 Å². The van der Waals surface area contributed by atoms with Gasteiger partial charge in [-0.3, -0.25) is 4.79 Å². The summed E-state index contributed by atoms with van der Waals surface area (Å²) >= 11 is 0. The van der Waals surface area contributed by atoms with E-state index in [9.17, 15) is 4.79 Å². The summed E-state index contributed by atoms with van der Waals surface area (Å²) in [5, 5.41) is 0. The second-order valence-corrected chi connectivity index (χ2v) is 4.98. The molecule has 0 aliphatic heterocycles. The maximum absolute atomic E-state index is 12.2. The minimum absolute atomic E-state index is 0.117. The number of nitrogens with one attached hydrogen (secondary N) is 1. The monoisotopic (exact) mass is 219 g/mol. The normalized spacial score (nSPS) is 19.8. The number of hydrogen-bond acceptors (Lipinski definition) is 2. The second kappa shape index (κ2) is 3.54. The van der Waals surface area contributed by atoms with Gasteiger partial charge in [0, 0.05) is 24.5 Å². The van der Waals surface area contributed by atoms with Crippen LogP contribution in [0.25, 0.3) is 0 Å². The average Bonchev–Trinajstić information content (AvgIpc) is 3.15. The lowest BCUT2D eigenvalue weighted by atomic mass is 10.3. The van der Waals surface area contributed by atoms with Crippen molar-refractivity contribution in [1.29, 1.82) is 0 Å². The quantitative estimate of drug-likeness (QED) is 0.808. The SMILES string of the molecule is Nc1c[nH]c(C(=O)N(CC2CC2)C2CC2)c1. The molecule has 1 aromatic rings. The molecule has 0 unspecified atom stereocenters. The van der Waals surface area contributed by atoms with Crippen LogP contribution < -0.4 is 5.73 Å². The molecule has 2 saturated carbocycles. The first kappa shape index (κ1) is 9.75. The van der Waals surface area contributed by atoms with E-state index in [-0.39, 0.29) is 5.91 Å². The highest BCUT2D eigenvalue weighted by Gasteiger charge is 2.37. The topological polar surface area (TPSA) is 62.1 Å². The van der Waals surface area contributed by atoms with Gasteiger partial charge in [-0.1, -0.05) is 0 Å². The maximum atomic E-state index is 12.2. The van der Waals surface area contributed by atoms with Gasteiger partial charge in [0.2, 0.25) is 0 Å². The van der Waals surface area contributed by atoms with Gasteiger partial charge in [0.15, 0.2) is 0 Å². The fourth-order valence-electron chi connectivity index (χ4n) is 2.05. The Labute approximate surface area is 94.8 Å². The Bertz CT molecular complexity index is 404. The molecule has 86 valence electrons. The molecular formula is C12H17N3O. The molecule has 2 aliphatic carbocycles. The Morgan fingerprint density at radius 1 is 1.44 bits per heavy atom. The molecule has 2 aliphatic rings. The van der Waals surface area contributed by atoms with Crippen molar-refractivity contribution in [3.8, 4) is 0 Å². The number of carbonyl (C=O) groups excluding carboxylic acids is 1. The molecule has 0 radical (unpaired) electrons. The molecule has 0 spiro atoms. The summed E-state index contributed by atoms with van der Waals surface area (Å²) in [6, 6.07) is 2.21. The molecule has 3 N–H and O–H groups in total. The number of aromatic amines is 1. The van der Waals surface area contributed by atoms with E-state index in [1.54, 1.807) is 12.3 Å². The summed E-state index contributed by atoms with van der Waals surface area (Å²) in [5.74, 6) is 0.864. The Morgan fingerprint density at radius 3 is 2.69 bits per heavy atom. The minimum Gasteiger partial charge on any atom is -0.397 e. The fraction of sp³-hybridized carbons (Fsp3) is 0.583. The Morgan fingerprint density at radius 2 is 2.19 bits per heavy atom. The van der Waals surface area contributed by atoms with Crippen molar-refractivity contribution < 1.29 is 4.79 Å². The minimum atomic E-state index is 0.117. The largest absolute Gasteiger partial charge is 0.397 e. The van der Waals surface area contributed by atoms with Crippen molar-refractivity contribution in [3.05, 3.63) is 18.0 Å². The summed E-state index contributed by atoms with van der Waals surface area (Å²) in [6.45, 7) is 0.933. The van der Waals surface area contributed by atoms with Crippen LogP contribution in [0.1, 0.15) is 36.2 Å². The number of nitrogens with zero attached hydrogens (tertiary/aromatic N) is 1. The molecule has 1 amide bonds. The van der Waals surface area contributed by atoms with Gasteiger partial charge < -0.3 is 15.6 Å². The second-order valence-electron chi connectivity index (χ2n) is 4.98. The number of nitrogen functional groups attached to an aromatic ring is 1. The average molecular weight is 219 g/mol. The van der Waals surface area contributed by atoms with E-state index in [2.05, 4.69) is 4.98 Å². The number of H-pyrrole nitrogens is 1. The Kier molecular flexibility index (Phi) is 2.16. The molecule has 0 aromatic carbocycles. The number of carbonyl (C=O) groups is 1. The zero-order chi connectivity index (χ0) is 11.1. The summed E-state index contributed by atoms with van der Waals surface area (Å²) < 4.78 is 0. The van der Waals surface area contributed by atoms with Crippen molar-refractivity contribution in [2.24, 2.45) is 5.92 Å². The van der Waals surface area contributed by atoms with Crippen LogP contribution in [0.4, 0.5) is 5.69 Å². The van der Waals surface area contributed by atoms with Crippen LogP contribution >= 0.6 is 0 Å². The molecule has 4 nitrogen and oxygen atoms in total. The van der Waals surface area contributed by atoms with Gasteiger partial charge in [-0.15, -0.1) is 0 Å². The first-order chi connectivity index (χ1) is 7.74. The number of rotatable bonds is 4. The van der Waals surface area contributed by atoms with Crippen molar-refractivity contribution >= 4 is 11.6 Å². The number of anilines is 1. The molecule has 1 heterocycles. The number of hydrogen-bond donors (Lipinski definition) is 2. The molecule has 2 fully saturated rings. The first-order valence-electron chi connectivity index (χ1n) is 5.99. The van der Waals surface area contributed by atoms with Crippen molar-refractivity contribution in [1.82, 2.24) is 9.88 Å².